The van der Waals surface area contributed by atoms with Crippen molar-refractivity contribution in [3.8, 4) is 0 Å². The summed E-state index contributed by atoms with van der Waals surface area (Å²) in [6.45, 7) is 9.63. The molecule has 0 amide bonds. The first-order valence-corrected chi connectivity index (χ1v) is 5.55. The minimum Gasteiger partial charge on any atom is -0.303 e. The maximum Gasteiger partial charge on any atom is 0.0244 e. The van der Waals surface area contributed by atoms with Crippen molar-refractivity contribution in [3.63, 3.8) is 0 Å². The molecular formula is C11H22N2. The van der Waals surface area contributed by atoms with Gasteiger partial charge in [0.15, 0.2) is 0 Å². The van der Waals surface area contributed by atoms with E-state index < -0.39 is 0 Å². The van der Waals surface area contributed by atoms with Crippen molar-refractivity contribution in [1.82, 2.24) is 9.80 Å². The van der Waals surface area contributed by atoms with Crippen LogP contribution in [0.4, 0.5) is 0 Å². The number of rotatable bonds is 2. The van der Waals surface area contributed by atoms with Crippen LogP contribution in [0.5, 0.6) is 0 Å². The third kappa shape index (κ3) is 1.50. The fourth-order valence-electron chi connectivity index (χ4n) is 2.86. The second-order valence-electron chi connectivity index (χ2n) is 5.20. The minimum atomic E-state index is 0.775. The highest BCUT2D eigenvalue weighted by Gasteiger charge is 2.45. The summed E-state index contributed by atoms with van der Waals surface area (Å²) in [7, 11) is 2.25. The number of piperidine rings is 1. The Hall–Kier alpha value is -0.0800. The zero-order valence-corrected chi connectivity index (χ0v) is 9.33. The molecule has 3 rings (SSSR count). The summed E-state index contributed by atoms with van der Waals surface area (Å²) in [5.41, 5.74) is 0. The lowest BCUT2D eigenvalue weighted by molar-refractivity contribution is -0.0945. The molecular weight excluding hydrogens is 160 g/mol. The van der Waals surface area contributed by atoms with E-state index in [1.165, 1.54) is 19.5 Å². The van der Waals surface area contributed by atoms with Gasteiger partial charge in [-0.15, -0.1) is 0 Å². The summed E-state index contributed by atoms with van der Waals surface area (Å²) < 4.78 is 0. The molecule has 13 heavy (non-hydrogen) atoms. The Balaban J connectivity index is 1.97. The van der Waals surface area contributed by atoms with Crippen LogP contribution in [0.3, 0.4) is 0 Å². The van der Waals surface area contributed by atoms with Crippen molar-refractivity contribution >= 4 is 0 Å². The normalized spacial score (nSPS) is 37.6. The fraction of sp³-hybridized carbons (Fsp3) is 1.00. The molecule has 0 radical (unpaired) electrons. The van der Waals surface area contributed by atoms with Crippen molar-refractivity contribution in [2.24, 2.45) is 5.92 Å². The molecule has 3 saturated heterocycles. The van der Waals surface area contributed by atoms with Gasteiger partial charge in [-0.3, -0.25) is 4.90 Å². The van der Waals surface area contributed by atoms with Gasteiger partial charge in [0, 0.05) is 31.2 Å². The Morgan fingerprint density at radius 2 is 1.62 bits per heavy atom. The van der Waals surface area contributed by atoms with E-state index in [4.69, 9.17) is 0 Å². The molecule has 3 aliphatic rings. The quantitative estimate of drug-likeness (QED) is 0.637. The Labute approximate surface area is 81.9 Å². The van der Waals surface area contributed by atoms with Gasteiger partial charge in [-0.25, -0.2) is 0 Å². The van der Waals surface area contributed by atoms with E-state index in [0.29, 0.717) is 0 Å². The summed E-state index contributed by atoms with van der Waals surface area (Å²) in [6, 6.07) is 2.50. The molecule has 0 aromatic carbocycles. The predicted molar refractivity (Wildman–Crippen MR) is 55.8 cm³/mol. The van der Waals surface area contributed by atoms with Crippen LogP contribution in [0.2, 0.25) is 0 Å². The number of nitrogens with zero attached hydrogens (tertiary/aromatic N) is 2. The van der Waals surface area contributed by atoms with Crippen LogP contribution in [0, 0.1) is 5.92 Å². The molecule has 0 N–H and O–H groups in total. The topological polar surface area (TPSA) is 6.48 Å². The van der Waals surface area contributed by atoms with Gasteiger partial charge in [-0.2, -0.15) is 0 Å². The molecule has 2 nitrogen and oxygen atoms in total. The molecule has 3 aliphatic heterocycles. The van der Waals surface area contributed by atoms with E-state index in [2.05, 4.69) is 37.6 Å². The molecule has 3 fully saturated rings. The van der Waals surface area contributed by atoms with Crippen LogP contribution >= 0.6 is 0 Å². The van der Waals surface area contributed by atoms with Gasteiger partial charge in [-0.05, 0) is 26.3 Å². The molecule has 0 aromatic heterocycles. The van der Waals surface area contributed by atoms with Crippen LogP contribution in [-0.4, -0.2) is 48.1 Å². The third-order valence-electron chi connectivity index (χ3n) is 3.87. The van der Waals surface area contributed by atoms with E-state index in [9.17, 15) is 0 Å². The molecule has 0 spiro atoms. The SMILES string of the molecule is CC(C)C(C)N1C2CC1CN(C)C2. The lowest BCUT2D eigenvalue weighted by Gasteiger charge is -2.59. The standard InChI is InChI=1S/C11H22N2/c1-8(2)9(3)13-10-5-11(13)7-12(4)6-10/h8-11H,5-7H2,1-4H3. The highest BCUT2D eigenvalue weighted by Crippen LogP contribution is 2.35. The van der Waals surface area contributed by atoms with E-state index in [0.717, 1.165) is 24.0 Å². The molecule has 2 bridgehead atoms. The molecule has 3 atom stereocenters. The molecule has 0 saturated carbocycles. The average Bonchev–Trinajstić information content (AvgIpc) is 2.03. The lowest BCUT2D eigenvalue weighted by Crippen LogP contribution is -2.70. The van der Waals surface area contributed by atoms with Crippen LogP contribution in [0.25, 0.3) is 0 Å². The van der Waals surface area contributed by atoms with Gasteiger partial charge < -0.3 is 4.90 Å². The summed E-state index contributed by atoms with van der Waals surface area (Å²) in [5.74, 6) is 0.800. The molecule has 2 heteroatoms. The number of fused-ring (bicyclic) bond motifs is 2. The van der Waals surface area contributed by atoms with Gasteiger partial charge >= 0.3 is 0 Å². The first-order valence-electron chi connectivity index (χ1n) is 5.55. The van der Waals surface area contributed by atoms with Crippen LogP contribution in [0.1, 0.15) is 27.2 Å². The molecule has 76 valence electrons. The second-order valence-corrected chi connectivity index (χ2v) is 5.20. The number of likely N-dealkylation sites (N-methyl/N-ethyl adjacent to an activating group) is 1. The Morgan fingerprint density at radius 3 is 2.08 bits per heavy atom. The molecule has 3 unspecified atom stereocenters. The first kappa shape index (κ1) is 9.47. The third-order valence-corrected chi connectivity index (χ3v) is 3.87. The summed E-state index contributed by atoms with van der Waals surface area (Å²) in [6.07, 6.45) is 1.45. The lowest BCUT2D eigenvalue weighted by atomic mass is 9.84. The maximum absolute atomic E-state index is 2.74. The van der Waals surface area contributed by atoms with E-state index in [1.807, 2.05) is 0 Å². The number of hydrogen-bond acceptors (Lipinski definition) is 2. The van der Waals surface area contributed by atoms with E-state index >= 15 is 0 Å². The van der Waals surface area contributed by atoms with Gasteiger partial charge in [0.2, 0.25) is 0 Å². The summed E-state index contributed by atoms with van der Waals surface area (Å²) in [5, 5.41) is 0. The monoisotopic (exact) mass is 182 g/mol. The van der Waals surface area contributed by atoms with Crippen molar-refractivity contribution in [3.05, 3.63) is 0 Å². The van der Waals surface area contributed by atoms with E-state index in [-0.39, 0.29) is 0 Å². The van der Waals surface area contributed by atoms with Crippen molar-refractivity contribution in [2.75, 3.05) is 20.1 Å². The average molecular weight is 182 g/mol. The maximum atomic E-state index is 2.74. The van der Waals surface area contributed by atoms with Gasteiger partial charge in [0.1, 0.15) is 0 Å². The van der Waals surface area contributed by atoms with Gasteiger partial charge in [-0.1, -0.05) is 13.8 Å². The van der Waals surface area contributed by atoms with Crippen LogP contribution < -0.4 is 0 Å². The second kappa shape index (κ2) is 3.25. The van der Waals surface area contributed by atoms with E-state index in [1.54, 1.807) is 0 Å². The first-order chi connectivity index (χ1) is 6.09. The zero-order chi connectivity index (χ0) is 9.59. The van der Waals surface area contributed by atoms with Gasteiger partial charge in [0.05, 0.1) is 0 Å². The summed E-state index contributed by atoms with van der Waals surface area (Å²) in [4.78, 5) is 5.22. The Kier molecular flexibility index (Phi) is 2.37. The smallest absolute Gasteiger partial charge is 0.0244 e. The zero-order valence-electron chi connectivity index (χ0n) is 9.33. The van der Waals surface area contributed by atoms with Crippen molar-refractivity contribution in [2.45, 2.75) is 45.3 Å². The highest BCUT2D eigenvalue weighted by molar-refractivity contribution is 5.02. The number of hydrogen-bond donors (Lipinski definition) is 0. The van der Waals surface area contributed by atoms with Crippen LogP contribution in [0.15, 0.2) is 0 Å². The van der Waals surface area contributed by atoms with Crippen LogP contribution in [-0.2, 0) is 0 Å². The van der Waals surface area contributed by atoms with Crippen molar-refractivity contribution in [1.29, 1.82) is 0 Å². The molecule has 0 aromatic rings. The highest BCUT2D eigenvalue weighted by atomic mass is 15.4. The van der Waals surface area contributed by atoms with Crippen molar-refractivity contribution < 1.29 is 0 Å². The summed E-state index contributed by atoms with van der Waals surface area (Å²) >= 11 is 0. The largest absolute Gasteiger partial charge is 0.303 e. The minimum absolute atomic E-state index is 0.775. The predicted octanol–water partition coefficient (Wildman–Crippen LogP) is 1.42. The Bertz CT molecular complexity index is 179. The molecule has 0 aliphatic carbocycles. The fourth-order valence-corrected chi connectivity index (χ4v) is 2.86. The molecule has 3 heterocycles. The Morgan fingerprint density at radius 1 is 1.08 bits per heavy atom. The van der Waals surface area contributed by atoms with Gasteiger partial charge in [0.25, 0.3) is 0 Å². The number of piperazine rings is 1.